The molecule has 0 aliphatic rings. The van der Waals surface area contributed by atoms with Gasteiger partial charge in [0.2, 0.25) is 0 Å². The number of rotatable bonds is 8. The largest absolute Gasteiger partial charge is 0.306 e. The smallest absolute Gasteiger partial charge is 0.0406 e. The molecule has 108 valence electrons. The Labute approximate surface area is 123 Å². The summed E-state index contributed by atoms with van der Waals surface area (Å²) >= 11 is 5.94. The van der Waals surface area contributed by atoms with Crippen LogP contribution >= 0.6 is 11.6 Å². The highest BCUT2D eigenvalue weighted by Crippen LogP contribution is 2.19. The summed E-state index contributed by atoms with van der Waals surface area (Å²) in [5.41, 5.74) is 1.32. The lowest BCUT2D eigenvalue weighted by Crippen LogP contribution is -2.40. The zero-order valence-electron chi connectivity index (χ0n) is 12.6. The van der Waals surface area contributed by atoms with Crippen molar-refractivity contribution in [2.24, 2.45) is 0 Å². The van der Waals surface area contributed by atoms with Gasteiger partial charge in [-0.15, -0.1) is 0 Å². The Balaban J connectivity index is 2.58. The van der Waals surface area contributed by atoms with Crippen LogP contribution in [0.2, 0.25) is 5.02 Å². The number of nitrogens with one attached hydrogen (secondary N) is 1. The normalized spacial score (nSPS) is 14.6. The molecule has 0 spiro atoms. The van der Waals surface area contributed by atoms with E-state index in [4.69, 9.17) is 11.6 Å². The van der Waals surface area contributed by atoms with Crippen LogP contribution in [0.5, 0.6) is 0 Å². The Morgan fingerprint density at radius 3 is 2.16 bits per heavy atom. The molecule has 0 bridgehead atoms. The van der Waals surface area contributed by atoms with Crippen LogP contribution in [-0.2, 0) is 0 Å². The van der Waals surface area contributed by atoms with Gasteiger partial charge in [-0.2, -0.15) is 0 Å². The summed E-state index contributed by atoms with van der Waals surface area (Å²) < 4.78 is 0. The second kappa shape index (κ2) is 8.57. The van der Waals surface area contributed by atoms with Crippen LogP contribution < -0.4 is 5.32 Å². The SMILES string of the molecule is CCC(NC(C)CN(CC)CC)c1ccc(Cl)cc1. The van der Waals surface area contributed by atoms with Crippen LogP contribution in [0.15, 0.2) is 24.3 Å². The molecule has 1 aromatic rings. The van der Waals surface area contributed by atoms with E-state index in [0.717, 1.165) is 31.1 Å². The Kier molecular flexibility index (Phi) is 7.44. The molecule has 1 aromatic carbocycles. The van der Waals surface area contributed by atoms with Crippen molar-refractivity contribution in [2.45, 2.75) is 46.2 Å². The number of halogens is 1. The lowest BCUT2D eigenvalue weighted by atomic mass is 10.0. The third-order valence-corrected chi connectivity index (χ3v) is 3.84. The minimum absolute atomic E-state index is 0.405. The fourth-order valence-electron chi connectivity index (χ4n) is 2.41. The van der Waals surface area contributed by atoms with Crippen molar-refractivity contribution in [2.75, 3.05) is 19.6 Å². The van der Waals surface area contributed by atoms with E-state index in [1.807, 2.05) is 12.1 Å². The van der Waals surface area contributed by atoms with E-state index >= 15 is 0 Å². The fourth-order valence-corrected chi connectivity index (χ4v) is 2.54. The lowest BCUT2D eigenvalue weighted by molar-refractivity contribution is 0.260. The molecule has 19 heavy (non-hydrogen) atoms. The van der Waals surface area contributed by atoms with Gasteiger partial charge in [-0.1, -0.05) is 44.5 Å². The summed E-state index contributed by atoms with van der Waals surface area (Å²) in [5.74, 6) is 0. The first-order valence-electron chi connectivity index (χ1n) is 7.34. The maximum atomic E-state index is 5.94. The summed E-state index contributed by atoms with van der Waals surface area (Å²) in [5, 5.41) is 4.52. The molecule has 2 nitrogen and oxygen atoms in total. The third-order valence-electron chi connectivity index (χ3n) is 3.59. The van der Waals surface area contributed by atoms with Gasteiger partial charge in [-0.05, 0) is 44.1 Å². The Morgan fingerprint density at radius 2 is 1.68 bits per heavy atom. The molecular weight excluding hydrogens is 256 g/mol. The van der Waals surface area contributed by atoms with Gasteiger partial charge >= 0.3 is 0 Å². The number of hydrogen-bond donors (Lipinski definition) is 1. The molecule has 0 saturated heterocycles. The van der Waals surface area contributed by atoms with Gasteiger partial charge in [0.05, 0.1) is 0 Å². The molecule has 3 heteroatoms. The molecule has 0 radical (unpaired) electrons. The highest BCUT2D eigenvalue weighted by molar-refractivity contribution is 6.30. The van der Waals surface area contributed by atoms with E-state index in [9.17, 15) is 0 Å². The minimum Gasteiger partial charge on any atom is -0.306 e. The summed E-state index contributed by atoms with van der Waals surface area (Å²) in [6.45, 7) is 12.2. The van der Waals surface area contributed by atoms with Crippen LogP contribution in [0.25, 0.3) is 0 Å². The Morgan fingerprint density at radius 1 is 1.11 bits per heavy atom. The van der Waals surface area contributed by atoms with Crippen LogP contribution in [0.4, 0.5) is 0 Å². The van der Waals surface area contributed by atoms with E-state index in [0.29, 0.717) is 12.1 Å². The minimum atomic E-state index is 0.405. The van der Waals surface area contributed by atoms with Crippen LogP contribution in [-0.4, -0.2) is 30.6 Å². The summed E-state index contributed by atoms with van der Waals surface area (Å²) in [7, 11) is 0. The second-order valence-electron chi connectivity index (χ2n) is 5.07. The van der Waals surface area contributed by atoms with Crippen LogP contribution in [0, 0.1) is 0 Å². The number of benzene rings is 1. The van der Waals surface area contributed by atoms with Crippen molar-refractivity contribution in [1.29, 1.82) is 0 Å². The first kappa shape index (κ1) is 16.5. The average molecular weight is 283 g/mol. The van der Waals surface area contributed by atoms with E-state index in [2.05, 4.69) is 50.0 Å². The van der Waals surface area contributed by atoms with E-state index in [1.165, 1.54) is 5.56 Å². The number of nitrogens with zero attached hydrogens (tertiary/aromatic N) is 1. The molecule has 2 atom stereocenters. The van der Waals surface area contributed by atoms with Gasteiger partial charge in [-0.25, -0.2) is 0 Å². The first-order chi connectivity index (χ1) is 9.10. The van der Waals surface area contributed by atoms with Crippen molar-refractivity contribution in [3.05, 3.63) is 34.9 Å². The predicted molar refractivity (Wildman–Crippen MR) is 84.9 cm³/mol. The number of hydrogen-bond acceptors (Lipinski definition) is 2. The topological polar surface area (TPSA) is 15.3 Å². The standard InChI is InChI=1S/C16H27ClN2/c1-5-16(14-8-10-15(17)11-9-14)18-13(4)12-19(6-2)7-3/h8-11,13,16,18H,5-7,12H2,1-4H3. The van der Waals surface area contributed by atoms with Gasteiger partial charge in [0, 0.05) is 23.7 Å². The van der Waals surface area contributed by atoms with Crippen molar-refractivity contribution in [3.8, 4) is 0 Å². The molecule has 0 fully saturated rings. The molecule has 0 aromatic heterocycles. The summed E-state index contributed by atoms with van der Waals surface area (Å²) in [4.78, 5) is 2.45. The summed E-state index contributed by atoms with van der Waals surface area (Å²) in [6, 6.07) is 9.07. The maximum absolute atomic E-state index is 5.94. The van der Waals surface area contributed by atoms with Crippen molar-refractivity contribution in [1.82, 2.24) is 10.2 Å². The molecular formula is C16H27ClN2. The maximum Gasteiger partial charge on any atom is 0.0406 e. The first-order valence-corrected chi connectivity index (χ1v) is 7.72. The molecule has 0 aliphatic carbocycles. The van der Waals surface area contributed by atoms with Crippen LogP contribution in [0.1, 0.15) is 45.7 Å². The fraction of sp³-hybridized carbons (Fsp3) is 0.625. The Hall–Kier alpha value is -0.570. The monoisotopic (exact) mass is 282 g/mol. The summed E-state index contributed by atoms with van der Waals surface area (Å²) in [6.07, 6.45) is 1.09. The van der Waals surface area contributed by atoms with Crippen LogP contribution in [0.3, 0.4) is 0 Å². The van der Waals surface area contributed by atoms with Gasteiger partial charge in [0.1, 0.15) is 0 Å². The molecule has 2 unspecified atom stereocenters. The molecule has 0 saturated carbocycles. The Bertz CT molecular complexity index is 346. The average Bonchev–Trinajstić information content (AvgIpc) is 2.43. The van der Waals surface area contributed by atoms with Gasteiger partial charge < -0.3 is 10.2 Å². The van der Waals surface area contributed by atoms with E-state index in [-0.39, 0.29) is 0 Å². The van der Waals surface area contributed by atoms with E-state index in [1.54, 1.807) is 0 Å². The molecule has 1 rings (SSSR count). The van der Waals surface area contributed by atoms with Gasteiger partial charge in [0.25, 0.3) is 0 Å². The van der Waals surface area contributed by atoms with E-state index < -0.39 is 0 Å². The molecule has 0 heterocycles. The predicted octanol–water partition coefficient (Wildman–Crippen LogP) is 4.11. The zero-order valence-corrected chi connectivity index (χ0v) is 13.4. The highest BCUT2D eigenvalue weighted by atomic mass is 35.5. The second-order valence-corrected chi connectivity index (χ2v) is 5.50. The zero-order chi connectivity index (χ0) is 14.3. The van der Waals surface area contributed by atoms with Crippen molar-refractivity contribution in [3.63, 3.8) is 0 Å². The molecule has 0 amide bonds. The van der Waals surface area contributed by atoms with Gasteiger partial charge in [0.15, 0.2) is 0 Å². The van der Waals surface area contributed by atoms with Crippen molar-refractivity contribution >= 4 is 11.6 Å². The molecule has 0 aliphatic heterocycles. The lowest BCUT2D eigenvalue weighted by Gasteiger charge is -2.27. The molecule has 1 N–H and O–H groups in total. The highest BCUT2D eigenvalue weighted by Gasteiger charge is 2.14. The van der Waals surface area contributed by atoms with Gasteiger partial charge in [-0.3, -0.25) is 0 Å². The van der Waals surface area contributed by atoms with Crippen molar-refractivity contribution < 1.29 is 0 Å². The number of likely N-dealkylation sites (N-methyl/N-ethyl adjacent to an activating group) is 1. The quantitative estimate of drug-likeness (QED) is 0.772. The third kappa shape index (κ3) is 5.52.